The van der Waals surface area contributed by atoms with Crippen molar-refractivity contribution in [3.63, 3.8) is 0 Å². The molecule has 3 nitrogen and oxygen atoms in total. The normalized spacial score (nSPS) is 15.6. The molecule has 0 radical (unpaired) electrons. The van der Waals surface area contributed by atoms with Crippen molar-refractivity contribution in [2.75, 3.05) is 13.2 Å². The Kier molecular flexibility index (Phi) is 4.69. The third kappa shape index (κ3) is 4.46. The van der Waals surface area contributed by atoms with Crippen LogP contribution in [0.25, 0.3) is 0 Å². The van der Waals surface area contributed by atoms with Gasteiger partial charge in [0.05, 0.1) is 17.7 Å². The zero-order chi connectivity index (χ0) is 12.9. The molecule has 0 bridgehead atoms. The van der Waals surface area contributed by atoms with E-state index in [9.17, 15) is 5.11 Å². The lowest BCUT2D eigenvalue weighted by Crippen LogP contribution is -2.42. The number of benzene rings is 1. The van der Waals surface area contributed by atoms with Gasteiger partial charge in [-0.25, -0.2) is 0 Å². The van der Waals surface area contributed by atoms with Crippen LogP contribution in [0.5, 0.6) is 0 Å². The Hall–Kier alpha value is -0.900. The van der Waals surface area contributed by atoms with E-state index in [0.717, 1.165) is 5.56 Å². The highest BCUT2D eigenvalue weighted by Gasteiger charge is 2.26. The van der Waals surface area contributed by atoms with Gasteiger partial charge in [-0.15, -0.1) is 0 Å². The molecule has 96 valence electrons. The van der Waals surface area contributed by atoms with Crippen LogP contribution in [0.2, 0.25) is 0 Å². The van der Waals surface area contributed by atoms with Crippen molar-refractivity contribution >= 4 is 0 Å². The zero-order valence-corrected chi connectivity index (χ0v) is 10.9. The highest BCUT2D eigenvalue weighted by Crippen LogP contribution is 2.22. The number of rotatable bonds is 5. The first kappa shape index (κ1) is 14.2. The van der Waals surface area contributed by atoms with E-state index in [0.29, 0.717) is 13.0 Å². The second-order valence-electron chi connectivity index (χ2n) is 5.39. The molecule has 0 heterocycles. The fourth-order valence-electron chi connectivity index (χ4n) is 1.62. The van der Waals surface area contributed by atoms with E-state index < -0.39 is 5.54 Å². The van der Waals surface area contributed by atoms with Crippen LogP contribution in [-0.2, 0) is 10.3 Å². The van der Waals surface area contributed by atoms with Crippen molar-refractivity contribution in [3.8, 4) is 0 Å². The fourth-order valence-corrected chi connectivity index (χ4v) is 1.62. The maximum Gasteiger partial charge on any atom is 0.0666 e. The van der Waals surface area contributed by atoms with Crippen LogP contribution in [0.1, 0.15) is 32.8 Å². The van der Waals surface area contributed by atoms with Gasteiger partial charge < -0.3 is 15.6 Å². The van der Waals surface area contributed by atoms with E-state index in [1.165, 1.54) is 0 Å². The molecular weight excluding hydrogens is 214 g/mol. The lowest BCUT2D eigenvalue weighted by Gasteiger charge is -2.29. The maximum absolute atomic E-state index is 9.49. The summed E-state index contributed by atoms with van der Waals surface area (Å²) in [5.41, 5.74) is 6.27. The Morgan fingerprint density at radius 2 is 1.76 bits per heavy atom. The highest BCUT2D eigenvalue weighted by molar-refractivity contribution is 5.23. The molecule has 0 amide bonds. The van der Waals surface area contributed by atoms with Crippen LogP contribution in [0.4, 0.5) is 0 Å². The summed E-state index contributed by atoms with van der Waals surface area (Å²) in [6.07, 6.45) is 0.602. The Labute approximate surface area is 104 Å². The molecule has 0 aromatic heterocycles. The summed E-state index contributed by atoms with van der Waals surface area (Å²) in [6, 6.07) is 9.67. The van der Waals surface area contributed by atoms with E-state index >= 15 is 0 Å². The largest absolute Gasteiger partial charge is 0.394 e. The molecule has 1 aromatic rings. The number of ether oxygens (including phenoxy) is 1. The minimum atomic E-state index is -0.716. The second kappa shape index (κ2) is 5.63. The van der Waals surface area contributed by atoms with Gasteiger partial charge >= 0.3 is 0 Å². The number of aliphatic hydroxyl groups is 1. The van der Waals surface area contributed by atoms with Crippen LogP contribution in [0, 0.1) is 0 Å². The van der Waals surface area contributed by atoms with Crippen LogP contribution in [0.15, 0.2) is 30.3 Å². The van der Waals surface area contributed by atoms with Crippen molar-refractivity contribution in [1.29, 1.82) is 0 Å². The minimum absolute atomic E-state index is 0.0789. The quantitative estimate of drug-likeness (QED) is 0.824. The molecule has 0 saturated heterocycles. The standard InChI is InChI=1S/C14H23NO2/c1-13(2,3)17-10-9-14(15,11-16)12-7-5-4-6-8-12/h4-8,16H,9-11,15H2,1-3H3. The molecule has 1 rings (SSSR count). The first-order chi connectivity index (χ1) is 7.87. The average Bonchev–Trinajstić information content (AvgIpc) is 2.28. The molecule has 3 N–H and O–H groups in total. The Morgan fingerprint density at radius 3 is 2.24 bits per heavy atom. The summed E-state index contributed by atoms with van der Waals surface area (Å²) >= 11 is 0. The zero-order valence-electron chi connectivity index (χ0n) is 10.9. The van der Waals surface area contributed by atoms with Crippen molar-refractivity contribution < 1.29 is 9.84 Å². The summed E-state index contributed by atoms with van der Waals surface area (Å²) < 4.78 is 5.66. The number of nitrogens with two attached hydrogens (primary N) is 1. The van der Waals surface area contributed by atoms with Gasteiger partial charge in [0, 0.05) is 6.61 Å². The van der Waals surface area contributed by atoms with Crippen molar-refractivity contribution in [2.45, 2.75) is 38.3 Å². The molecule has 1 unspecified atom stereocenters. The number of aliphatic hydroxyl groups excluding tert-OH is 1. The van der Waals surface area contributed by atoms with Crippen molar-refractivity contribution in [2.24, 2.45) is 5.73 Å². The van der Waals surface area contributed by atoms with Gasteiger partial charge in [0.2, 0.25) is 0 Å². The predicted octanol–water partition coefficient (Wildman–Crippen LogP) is 2.04. The lowest BCUT2D eigenvalue weighted by atomic mass is 9.89. The topological polar surface area (TPSA) is 55.5 Å². The first-order valence-electron chi connectivity index (χ1n) is 5.97. The summed E-state index contributed by atoms with van der Waals surface area (Å²) in [6.45, 7) is 6.48. The van der Waals surface area contributed by atoms with Crippen LogP contribution in [0.3, 0.4) is 0 Å². The maximum atomic E-state index is 9.49. The molecule has 0 spiro atoms. The van der Waals surface area contributed by atoms with Crippen LogP contribution < -0.4 is 5.73 Å². The van der Waals surface area contributed by atoms with Gasteiger partial charge in [0.25, 0.3) is 0 Å². The van der Waals surface area contributed by atoms with Crippen molar-refractivity contribution in [1.82, 2.24) is 0 Å². The number of hydrogen-bond donors (Lipinski definition) is 2. The third-order valence-corrected chi connectivity index (χ3v) is 2.71. The molecule has 0 aliphatic heterocycles. The molecule has 3 heteroatoms. The Balaban J connectivity index is 2.64. The Morgan fingerprint density at radius 1 is 1.18 bits per heavy atom. The van der Waals surface area contributed by atoms with E-state index in [2.05, 4.69) is 0 Å². The molecule has 1 aromatic carbocycles. The number of hydrogen-bond acceptors (Lipinski definition) is 3. The third-order valence-electron chi connectivity index (χ3n) is 2.71. The van der Waals surface area contributed by atoms with E-state index in [-0.39, 0.29) is 12.2 Å². The molecule has 1 atom stereocenters. The Bertz CT molecular complexity index is 332. The monoisotopic (exact) mass is 237 g/mol. The fraction of sp³-hybridized carbons (Fsp3) is 0.571. The van der Waals surface area contributed by atoms with Crippen molar-refractivity contribution in [3.05, 3.63) is 35.9 Å². The van der Waals surface area contributed by atoms with Gasteiger partial charge in [-0.3, -0.25) is 0 Å². The molecule has 0 fully saturated rings. The molecule has 0 aliphatic carbocycles. The SMILES string of the molecule is CC(C)(C)OCCC(N)(CO)c1ccccc1. The molecule has 0 aliphatic rings. The summed E-state index contributed by atoms with van der Waals surface area (Å²) in [5, 5.41) is 9.49. The highest BCUT2D eigenvalue weighted by atomic mass is 16.5. The second-order valence-corrected chi connectivity index (χ2v) is 5.39. The van der Waals surface area contributed by atoms with E-state index in [1.807, 2.05) is 51.1 Å². The summed E-state index contributed by atoms with van der Waals surface area (Å²) in [7, 11) is 0. The summed E-state index contributed by atoms with van der Waals surface area (Å²) in [4.78, 5) is 0. The van der Waals surface area contributed by atoms with E-state index in [4.69, 9.17) is 10.5 Å². The minimum Gasteiger partial charge on any atom is -0.394 e. The van der Waals surface area contributed by atoms with Gasteiger partial charge in [-0.05, 0) is 32.8 Å². The molecular formula is C14H23NO2. The van der Waals surface area contributed by atoms with Crippen LogP contribution in [-0.4, -0.2) is 23.9 Å². The van der Waals surface area contributed by atoms with Gasteiger partial charge in [0.1, 0.15) is 0 Å². The van der Waals surface area contributed by atoms with Gasteiger partial charge in [-0.2, -0.15) is 0 Å². The smallest absolute Gasteiger partial charge is 0.0666 e. The van der Waals surface area contributed by atoms with Gasteiger partial charge in [0.15, 0.2) is 0 Å². The first-order valence-corrected chi connectivity index (χ1v) is 5.97. The average molecular weight is 237 g/mol. The van der Waals surface area contributed by atoms with E-state index in [1.54, 1.807) is 0 Å². The summed E-state index contributed by atoms with van der Waals surface area (Å²) in [5.74, 6) is 0. The predicted molar refractivity (Wildman–Crippen MR) is 69.7 cm³/mol. The van der Waals surface area contributed by atoms with Gasteiger partial charge in [-0.1, -0.05) is 30.3 Å². The molecule has 17 heavy (non-hydrogen) atoms. The molecule has 0 saturated carbocycles. The van der Waals surface area contributed by atoms with Crippen LogP contribution >= 0.6 is 0 Å². The lowest BCUT2D eigenvalue weighted by molar-refractivity contribution is -0.0155.